The van der Waals surface area contributed by atoms with E-state index in [0.717, 1.165) is 38.8 Å². The molecule has 0 aliphatic carbocycles. The van der Waals surface area contributed by atoms with Gasteiger partial charge in [-0.2, -0.15) is 0 Å². The van der Waals surface area contributed by atoms with Gasteiger partial charge in [-0.1, -0.05) is 20.3 Å². The fraction of sp³-hybridized carbons (Fsp3) is 0.923. The maximum absolute atomic E-state index is 12.1. The molecule has 1 fully saturated rings. The Balaban J connectivity index is 2.25. The highest BCUT2D eigenvalue weighted by Crippen LogP contribution is 2.19. The molecule has 1 saturated heterocycles. The number of hydrogen-bond acceptors (Lipinski definition) is 2. The summed E-state index contributed by atoms with van der Waals surface area (Å²) in [5.74, 6) is 1.19. The van der Waals surface area contributed by atoms with Crippen LogP contribution in [0, 0.1) is 11.8 Å². The predicted molar refractivity (Wildman–Crippen MR) is 67.0 cm³/mol. The molecule has 1 aliphatic rings. The Kier molecular flexibility index (Phi) is 5.26. The van der Waals surface area contributed by atoms with E-state index in [1.54, 1.807) is 0 Å². The van der Waals surface area contributed by atoms with Gasteiger partial charge in [0.15, 0.2) is 0 Å². The first-order valence-electron chi connectivity index (χ1n) is 6.55. The highest BCUT2D eigenvalue weighted by atomic mass is 16.2. The molecule has 2 N–H and O–H groups in total. The summed E-state index contributed by atoms with van der Waals surface area (Å²) in [4.78, 5) is 14.1. The van der Waals surface area contributed by atoms with Gasteiger partial charge in [-0.05, 0) is 32.1 Å². The van der Waals surface area contributed by atoms with Crippen LogP contribution in [0.15, 0.2) is 0 Å². The van der Waals surface area contributed by atoms with Gasteiger partial charge in [0.2, 0.25) is 5.91 Å². The number of amides is 1. The number of rotatable bonds is 5. The van der Waals surface area contributed by atoms with Gasteiger partial charge < -0.3 is 10.6 Å². The molecule has 0 aromatic heterocycles. The van der Waals surface area contributed by atoms with Crippen LogP contribution in [0.4, 0.5) is 0 Å². The molecule has 16 heavy (non-hydrogen) atoms. The summed E-state index contributed by atoms with van der Waals surface area (Å²) in [5, 5.41) is 0. The van der Waals surface area contributed by atoms with E-state index in [4.69, 9.17) is 5.73 Å². The molecular formula is C13H26N2O. The summed E-state index contributed by atoms with van der Waals surface area (Å²) in [5.41, 5.74) is 5.70. The van der Waals surface area contributed by atoms with E-state index in [0.29, 0.717) is 11.8 Å². The molecule has 3 heteroatoms. The highest BCUT2D eigenvalue weighted by Gasteiger charge is 2.26. The minimum Gasteiger partial charge on any atom is -0.342 e. The van der Waals surface area contributed by atoms with Crippen LogP contribution >= 0.6 is 0 Å². The maximum Gasteiger partial charge on any atom is 0.225 e. The van der Waals surface area contributed by atoms with Crippen LogP contribution in [0.3, 0.4) is 0 Å². The van der Waals surface area contributed by atoms with E-state index in [9.17, 15) is 4.79 Å². The molecule has 1 heterocycles. The van der Waals surface area contributed by atoms with Gasteiger partial charge in [-0.3, -0.25) is 4.79 Å². The second-order valence-electron chi connectivity index (χ2n) is 5.49. The molecule has 0 bridgehead atoms. The van der Waals surface area contributed by atoms with E-state index >= 15 is 0 Å². The topological polar surface area (TPSA) is 46.3 Å². The smallest absolute Gasteiger partial charge is 0.225 e. The Morgan fingerprint density at radius 3 is 2.62 bits per heavy atom. The van der Waals surface area contributed by atoms with Gasteiger partial charge >= 0.3 is 0 Å². The first-order chi connectivity index (χ1) is 7.50. The van der Waals surface area contributed by atoms with E-state index in [1.165, 1.54) is 0 Å². The van der Waals surface area contributed by atoms with Crippen molar-refractivity contribution >= 4 is 5.91 Å². The number of carbonyl (C=O) groups is 1. The number of hydrogen-bond donors (Lipinski definition) is 1. The number of nitrogens with zero attached hydrogens (tertiary/aromatic N) is 1. The molecule has 0 spiro atoms. The van der Waals surface area contributed by atoms with Crippen molar-refractivity contribution in [1.82, 2.24) is 4.90 Å². The van der Waals surface area contributed by atoms with Crippen LogP contribution in [-0.2, 0) is 4.79 Å². The Hall–Kier alpha value is -0.570. The van der Waals surface area contributed by atoms with Gasteiger partial charge in [-0.15, -0.1) is 0 Å². The molecular weight excluding hydrogens is 200 g/mol. The molecule has 1 amide bonds. The van der Waals surface area contributed by atoms with Gasteiger partial charge in [0.25, 0.3) is 0 Å². The lowest BCUT2D eigenvalue weighted by Crippen LogP contribution is -2.33. The summed E-state index contributed by atoms with van der Waals surface area (Å²) in [6.07, 6.45) is 4.23. The van der Waals surface area contributed by atoms with Crippen molar-refractivity contribution in [2.24, 2.45) is 17.6 Å². The normalized spacial score (nSPS) is 24.5. The Bertz CT molecular complexity index is 228. The Morgan fingerprint density at radius 2 is 2.12 bits per heavy atom. The quantitative estimate of drug-likeness (QED) is 0.779. The standard InChI is InChI=1S/C13H26N2O/c1-10-7-8-15(9-10)13(16)11(2)5-4-6-12(3)14/h10-12H,4-9,14H2,1-3H3. The summed E-state index contributed by atoms with van der Waals surface area (Å²) in [6, 6.07) is 0.258. The highest BCUT2D eigenvalue weighted by molar-refractivity contribution is 5.78. The van der Waals surface area contributed by atoms with Crippen LogP contribution < -0.4 is 5.73 Å². The molecule has 0 radical (unpaired) electrons. The van der Waals surface area contributed by atoms with Gasteiger partial charge in [0.1, 0.15) is 0 Å². The Labute approximate surface area is 99.4 Å². The number of likely N-dealkylation sites (tertiary alicyclic amines) is 1. The average molecular weight is 226 g/mol. The lowest BCUT2D eigenvalue weighted by molar-refractivity contribution is -0.134. The second kappa shape index (κ2) is 6.24. The third kappa shape index (κ3) is 4.12. The van der Waals surface area contributed by atoms with E-state index in [2.05, 4.69) is 6.92 Å². The maximum atomic E-state index is 12.1. The lowest BCUT2D eigenvalue weighted by Gasteiger charge is -2.20. The first kappa shape index (κ1) is 13.5. The van der Waals surface area contributed by atoms with Crippen LogP contribution in [0.5, 0.6) is 0 Å². The molecule has 0 aromatic rings. The van der Waals surface area contributed by atoms with Gasteiger partial charge in [-0.25, -0.2) is 0 Å². The molecule has 0 aromatic carbocycles. The van der Waals surface area contributed by atoms with Crippen molar-refractivity contribution in [3.05, 3.63) is 0 Å². The van der Waals surface area contributed by atoms with Crippen molar-refractivity contribution in [1.29, 1.82) is 0 Å². The molecule has 1 aliphatic heterocycles. The average Bonchev–Trinajstić information content (AvgIpc) is 2.63. The Morgan fingerprint density at radius 1 is 1.44 bits per heavy atom. The predicted octanol–water partition coefficient (Wildman–Crippen LogP) is 2.01. The summed E-state index contributed by atoms with van der Waals surface area (Å²) in [6.45, 7) is 8.20. The molecule has 1 rings (SSSR count). The minimum atomic E-state index is 0.170. The summed E-state index contributed by atoms with van der Waals surface area (Å²) < 4.78 is 0. The van der Waals surface area contributed by atoms with Crippen molar-refractivity contribution in [3.63, 3.8) is 0 Å². The summed E-state index contributed by atoms with van der Waals surface area (Å²) >= 11 is 0. The monoisotopic (exact) mass is 226 g/mol. The van der Waals surface area contributed by atoms with Crippen molar-refractivity contribution in [2.45, 2.75) is 52.5 Å². The molecule has 3 atom stereocenters. The number of carbonyl (C=O) groups excluding carboxylic acids is 1. The largest absolute Gasteiger partial charge is 0.342 e. The van der Waals surface area contributed by atoms with Crippen LogP contribution in [-0.4, -0.2) is 29.9 Å². The third-order valence-electron chi connectivity index (χ3n) is 3.45. The molecule has 94 valence electrons. The van der Waals surface area contributed by atoms with Crippen LogP contribution in [0.2, 0.25) is 0 Å². The summed E-state index contributed by atoms with van der Waals surface area (Å²) in [7, 11) is 0. The van der Waals surface area contributed by atoms with Crippen LogP contribution in [0.1, 0.15) is 46.5 Å². The van der Waals surface area contributed by atoms with Gasteiger partial charge in [0.05, 0.1) is 0 Å². The fourth-order valence-electron chi connectivity index (χ4n) is 2.32. The second-order valence-corrected chi connectivity index (χ2v) is 5.49. The lowest BCUT2D eigenvalue weighted by atomic mass is 10.0. The SMILES string of the molecule is CC(N)CCCC(C)C(=O)N1CCC(C)C1. The fourth-order valence-corrected chi connectivity index (χ4v) is 2.32. The minimum absolute atomic E-state index is 0.170. The van der Waals surface area contributed by atoms with Crippen molar-refractivity contribution < 1.29 is 4.79 Å². The molecule has 3 unspecified atom stereocenters. The third-order valence-corrected chi connectivity index (χ3v) is 3.45. The molecule has 0 saturated carbocycles. The zero-order valence-electron chi connectivity index (χ0n) is 10.9. The zero-order valence-corrected chi connectivity index (χ0v) is 10.9. The zero-order chi connectivity index (χ0) is 12.1. The van der Waals surface area contributed by atoms with Gasteiger partial charge in [0, 0.05) is 25.0 Å². The van der Waals surface area contributed by atoms with Crippen molar-refractivity contribution in [2.75, 3.05) is 13.1 Å². The first-order valence-corrected chi connectivity index (χ1v) is 6.55. The number of nitrogens with two attached hydrogens (primary N) is 1. The van der Waals surface area contributed by atoms with Crippen LogP contribution in [0.25, 0.3) is 0 Å². The van der Waals surface area contributed by atoms with E-state index < -0.39 is 0 Å². The van der Waals surface area contributed by atoms with E-state index in [1.807, 2.05) is 18.7 Å². The molecule has 3 nitrogen and oxygen atoms in total. The van der Waals surface area contributed by atoms with Crippen molar-refractivity contribution in [3.8, 4) is 0 Å². The van der Waals surface area contributed by atoms with E-state index in [-0.39, 0.29) is 12.0 Å².